The maximum Gasteiger partial charge on any atom is 0.312 e. The molecule has 0 saturated carbocycles. The second-order valence-corrected chi connectivity index (χ2v) is 4.94. The molecule has 1 saturated heterocycles. The highest BCUT2D eigenvalue weighted by Crippen LogP contribution is 2.19. The molecule has 2 amide bonds. The van der Waals surface area contributed by atoms with Gasteiger partial charge in [-0.05, 0) is 13.0 Å². The zero-order chi connectivity index (χ0) is 14.0. The number of amides is 2. The van der Waals surface area contributed by atoms with Gasteiger partial charge in [0.2, 0.25) is 0 Å². The fourth-order valence-electron chi connectivity index (χ4n) is 1.93. The smallest absolute Gasteiger partial charge is 0.312 e. The Labute approximate surface area is 121 Å². The zero-order valence-electron chi connectivity index (χ0n) is 10.4. The number of aromatic nitrogens is 1. The Balaban J connectivity index is 2.12. The van der Waals surface area contributed by atoms with Crippen LogP contribution in [-0.4, -0.2) is 46.2 Å². The summed E-state index contributed by atoms with van der Waals surface area (Å²) in [5.41, 5.74) is 0.678. The molecule has 0 unspecified atom stereocenters. The fraction of sp³-hybridized carbons (Fsp3) is 0.417. The number of carbonyl (C=O) groups excluding carboxylic acids is 2. The third-order valence-electron chi connectivity index (χ3n) is 3.03. The van der Waals surface area contributed by atoms with E-state index in [9.17, 15) is 9.59 Å². The van der Waals surface area contributed by atoms with Crippen molar-refractivity contribution in [3.63, 3.8) is 0 Å². The molecule has 0 spiro atoms. The summed E-state index contributed by atoms with van der Waals surface area (Å²) >= 11 is 11.7. The molecule has 1 fully saturated rings. The number of hydrogen-bond donors (Lipinski definition) is 0. The standard InChI is InChI=1S/C12H13Cl2N3O2/c1-2-16-5-6-17(12(19)11(16)18)7-8-3-4-9(13)15-10(8)14/h3-4H,2,5-7H2,1H3. The lowest BCUT2D eigenvalue weighted by Gasteiger charge is -2.33. The average Bonchev–Trinajstić information content (AvgIpc) is 2.38. The minimum Gasteiger partial charge on any atom is -0.333 e. The van der Waals surface area contributed by atoms with Crippen molar-refractivity contribution in [3.05, 3.63) is 28.0 Å². The molecule has 0 radical (unpaired) electrons. The molecule has 1 aromatic heterocycles. The van der Waals surface area contributed by atoms with Crippen molar-refractivity contribution in [1.82, 2.24) is 14.8 Å². The van der Waals surface area contributed by atoms with E-state index in [0.29, 0.717) is 30.4 Å². The molecule has 0 aliphatic carbocycles. The number of likely N-dealkylation sites (N-methyl/N-ethyl adjacent to an activating group) is 1. The van der Waals surface area contributed by atoms with Crippen molar-refractivity contribution in [2.45, 2.75) is 13.5 Å². The van der Waals surface area contributed by atoms with E-state index >= 15 is 0 Å². The van der Waals surface area contributed by atoms with Crippen LogP contribution in [0.15, 0.2) is 12.1 Å². The summed E-state index contributed by atoms with van der Waals surface area (Å²) in [5, 5.41) is 0.553. The first kappa shape index (κ1) is 14.1. The highest BCUT2D eigenvalue weighted by Gasteiger charge is 2.31. The molecule has 2 rings (SSSR count). The number of nitrogens with zero attached hydrogens (tertiary/aromatic N) is 3. The Kier molecular flexibility index (Phi) is 4.27. The van der Waals surface area contributed by atoms with Crippen molar-refractivity contribution in [1.29, 1.82) is 0 Å². The third kappa shape index (κ3) is 2.98. The topological polar surface area (TPSA) is 53.5 Å². The Morgan fingerprint density at radius 3 is 2.42 bits per heavy atom. The monoisotopic (exact) mass is 301 g/mol. The number of rotatable bonds is 3. The summed E-state index contributed by atoms with van der Waals surface area (Å²) < 4.78 is 0. The van der Waals surface area contributed by atoms with Crippen LogP contribution in [0.1, 0.15) is 12.5 Å². The summed E-state index contributed by atoms with van der Waals surface area (Å²) in [6.07, 6.45) is 0. The van der Waals surface area contributed by atoms with E-state index in [2.05, 4.69) is 4.98 Å². The van der Waals surface area contributed by atoms with Crippen molar-refractivity contribution >= 4 is 35.0 Å². The predicted octanol–water partition coefficient (Wildman–Crippen LogP) is 1.58. The van der Waals surface area contributed by atoms with Gasteiger partial charge in [0.1, 0.15) is 10.3 Å². The maximum absolute atomic E-state index is 11.9. The lowest BCUT2D eigenvalue weighted by molar-refractivity contribution is -0.156. The van der Waals surface area contributed by atoms with Crippen LogP contribution in [0.4, 0.5) is 0 Å². The first-order valence-corrected chi connectivity index (χ1v) is 6.67. The molecule has 0 aromatic carbocycles. The summed E-state index contributed by atoms with van der Waals surface area (Å²) in [7, 11) is 0. The quantitative estimate of drug-likeness (QED) is 0.629. The van der Waals surface area contributed by atoms with Gasteiger partial charge < -0.3 is 9.80 Å². The van der Waals surface area contributed by atoms with Crippen LogP contribution in [-0.2, 0) is 16.1 Å². The molecule has 1 aliphatic heterocycles. The van der Waals surface area contributed by atoms with Gasteiger partial charge in [0.25, 0.3) is 0 Å². The van der Waals surface area contributed by atoms with Crippen molar-refractivity contribution in [2.24, 2.45) is 0 Å². The van der Waals surface area contributed by atoms with Gasteiger partial charge in [-0.2, -0.15) is 0 Å². The molecule has 2 heterocycles. The van der Waals surface area contributed by atoms with Crippen LogP contribution in [0.5, 0.6) is 0 Å². The Morgan fingerprint density at radius 2 is 1.79 bits per heavy atom. The molecular weight excluding hydrogens is 289 g/mol. The molecule has 0 bridgehead atoms. The number of pyridine rings is 1. The van der Waals surface area contributed by atoms with E-state index in [4.69, 9.17) is 23.2 Å². The minimum atomic E-state index is -0.501. The largest absolute Gasteiger partial charge is 0.333 e. The average molecular weight is 302 g/mol. The van der Waals surface area contributed by atoms with Crippen molar-refractivity contribution in [3.8, 4) is 0 Å². The maximum atomic E-state index is 11.9. The highest BCUT2D eigenvalue weighted by molar-refractivity contribution is 6.35. The molecule has 19 heavy (non-hydrogen) atoms. The second-order valence-electron chi connectivity index (χ2n) is 4.20. The SMILES string of the molecule is CCN1CCN(Cc2ccc(Cl)nc2Cl)C(=O)C1=O. The van der Waals surface area contributed by atoms with Crippen LogP contribution in [0, 0.1) is 0 Å². The van der Waals surface area contributed by atoms with Crippen LogP contribution in [0.25, 0.3) is 0 Å². The molecule has 1 aromatic rings. The zero-order valence-corrected chi connectivity index (χ0v) is 11.9. The van der Waals surface area contributed by atoms with Gasteiger partial charge in [0, 0.05) is 31.7 Å². The number of hydrogen-bond acceptors (Lipinski definition) is 3. The van der Waals surface area contributed by atoms with Gasteiger partial charge in [0.05, 0.1) is 0 Å². The summed E-state index contributed by atoms with van der Waals surface area (Å²) in [6, 6.07) is 3.32. The van der Waals surface area contributed by atoms with Gasteiger partial charge in [0.15, 0.2) is 0 Å². The number of halogens is 2. The molecule has 102 valence electrons. The van der Waals surface area contributed by atoms with E-state index in [-0.39, 0.29) is 11.7 Å². The molecule has 0 atom stereocenters. The van der Waals surface area contributed by atoms with E-state index in [1.807, 2.05) is 6.92 Å². The normalized spacial score (nSPS) is 16.2. The first-order chi connectivity index (χ1) is 9.02. The summed E-state index contributed by atoms with van der Waals surface area (Å²) in [5.74, 6) is -0.967. The Hall–Kier alpha value is -1.33. The molecule has 0 N–H and O–H groups in total. The Bertz CT molecular complexity index is 522. The number of piperazine rings is 1. The van der Waals surface area contributed by atoms with Crippen LogP contribution < -0.4 is 0 Å². The van der Waals surface area contributed by atoms with E-state index in [1.165, 1.54) is 9.80 Å². The highest BCUT2D eigenvalue weighted by atomic mass is 35.5. The molecule has 7 heteroatoms. The van der Waals surface area contributed by atoms with Gasteiger partial charge in [-0.3, -0.25) is 9.59 Å². The van der Waals surface area contributed by atoms with Crippen LogP contribution in [0.3, 0.4) is 0 Å². The summed E-state index contributed by atoms with van der Waals surface area (Å²) in [6.45, 7) is 3.70. The van der Waals surface area contributed by atoms with E-state index < -0.39 is 11.8 Å². The molecule has 5 nitrogen and oxygen atoms in total. The summed E-state index contributed by atoms with van der Waals surface area (Å²) in [4.78, 5) is 30.6. The molecule has 1 aliphatic rings. The minimum absolute atomic E-state index is 0.255. The first-order valence-electron chi connectivity index (χ1n) is 5.92. The third-order valence-corrected chi connectivity index (χ3v) is 3.57. The lowest BCUT2D eigenvalue weighted by Crippen LogP contribution is -2.53. The number of carbonyl (C=O) groups is 2. The van der Waals surface area contributed by atoms with Crippen LogP contribution >= 0.6 is 23.2 Å². The van der Waals surface area contributed by atoms with E-state index in [1.54, 1.807) is 12.1 Å². The van der Waals surface area contributed by atoms with Gasteiger partial charge in [-0.25, -0.2) is 4.98 Å². The lowest BCUT2D eigenvalue weighted by atomic mass is 10.2. The van der Waals surface area contributed by atoms with Crippen LogP contribution in [0.2, 0.25) is 10.3 Å². The second kappa shape index (κ2) is 5.75. The molecular formula is C12H13Cl2N3O2. The predicted molar refractivity (Wildman–Crippen MR) is 71.9 cm³/mol. The Morgan fingerprint density at radius 1 is 1.16 bits per heavy atom. The van der Waals surface area contributed by atoms with Gasteiger partial charge in [-0.15, -0.1) is 0 Å². The van der Waals surface area contributed by atoms with Gasteiger partial charge in [-0.1, -0.05) is 29.3 Å². The van der Waals surface area contributed by atoms with Gasteiger partial charge >= 0.3 is 11.8 Å². The van der Waals surface area contributed by atoms with Crippen molar-refractivity contribution in [2.75, 3.05) is 19.6 Å². The van der Waals surface area contributed by atoms with E-state index in [0.717, 1.165) is 0 Å². The van der Waals surface area contributed by atoms with Crippen molar-refractivity contribution < 1.29 is 9.59 Å². The fourth-order valence-corrected chi connectivity index (χ4v) is 2.34.